The van der Waals surface area contributed by atoms with Gasteiger partial charge >= 0.3 is 5.97 Å². The Labute approximate surface area is 212 Å². The molecule has 0 atom stereocenters. The summed E-state index contributed by atoms with van der Waals surface area (Å²) in [6.45, 7) is 0.248. The molecule has 12 heteroatoms. The molecular formula is C25H25N5O6S. The fourth-order valence-electron chi connectivity index (χ4n) is 4.60. The van der Waals surface area contributed by atoms with E-state index in [9.17, 15) is 23.1 Å². The first-order valence-corrected chi connectivity index (χ1v) is 13.1. The number of fused-ring (bicyclic) bond motifs is 1. The maximum absolute atomic E-state index is 13.2. The third-order valence-corrected chi connectivity index (χ3v) is 8.50. The fourth-order valence-corrected chi connectivity index (χ4v) is 6.09. The number of piperidine rings is 1. The zero-order valence-electron chi connectivity index (χ0n) is 20.2. The normalized spacial score (nSPS) is 15.2. The van der Waals surface area contributed by atoms with Gasteiger partial charge in [0.05, 0.1) is 23.5 Å². The van der Waals surface area contributed by atoms with Crippen molar-refractivity contribution >= 4 is 27.0 Å². The highest BCUT2D eigenvalue weighted by molar-refractivity contribution is 7.89. The van der Waals surface area contributed by atoms with Crippen molar-refractivity contribution in [1.29, 1.82) is 0 Å². The van der Waals surface area contributed by atoms with E-state index in [2.05, 4.69) is 15.1 Å². The standard InChI is InChI=1S/C25H25N5O6S/c1-29-23-20(21(28-29)15-6-4-3-5-7-15)24(31)27-22(26-23)18-9-8-17(14-19(18)36-2)37(34,35)30-12-10-16(11-13-30)25(32)33/h3-9,14,16H,10-13H2,1-2H3,(H,32,33)(H,26,27,31). The highest BCUT2D eigenvalue weighted by atomic mass is 32.2. The number of benzene rings is 2. The van der Waals surface area contributed by atoms with E-state index < -0.39 is 21.9 Å². The van der Waals surface area contributed by atoms with E-state index in [0.717, 1.165) is 5.56 Å². The summed E-state index contributed by atoms with van der Waals surface area (Å²) in [5, 5.41) is 14.0. The van der Waals surface area contributed by atoms with Crippen LogP contribution in [0.15, 0.2) is 58.2 Å². The van der Waals surface area contributed by atoms with Crippen LogP contribution in [0.4, 0.5) is 0 Å². The average molecular weight is 524 g/mol. The molecule has 0 amide bonds. The predicted octanol–water partition coefficient (Wildman–Crippen LogP) is 2.48. The van der Waals surface area contributed by atoms with Crippen molar-refractivity contribution in [1.82, 2.24) is 24.1 Å². The van der Waals surface area contributed by atoms with Crippen LogP contribution >= 0.6 is 0 Å². The minimum Gasteiger partial charge on any atom is -0.496 e. The number of nitrogens with zero attached hydrogens (tertiary/aromatic N) is 4. The molecule has 192 valence electrons. The van der Waals surface area contributed by atoms with Gasteiger partial charge in [0.2, 0.25) is 10.0 Å². The topological polar surface area (TPSA) is 147 Å². The van der Waals surface area contributed by atoms with Gasteiger partial charge in [0, 0.05) is 31.8 Å². The van der Waals surface area contributed by atoms with E-state index in [0.29, 0.717) is 22.3 Å². The molecule has 1 aliphatic rings. The molecule has 0 unspecified atom stereocenters. The van der Waals surface area contributed by atoms with Crippen LogP contribution in [0.2, 0.25) is 0 Å². The van der Waals surface area contributed by atoms with Gasteiger partial charge in [-0.1, -0.05) is 30.3 Å². The third-order valence-electron chi connectivity index (χ3n) is 6.61. The number of aliphatic carboxylic acids is 1. The van der Waals surface area contributed by atoms with Crippen molar-refractivity contribution in [3.05, 3.63) is 58.9 Å². The van der Waals surface area contributed by atoms with E-state index in [1.54, 1.807) is 7.05 Å². The number of nitrogens with one attached hydrogen (secondary N) is 1. The van der Waals surface area contributed by atoms with Crippen molar-refractivity contribution < 1.29 is 23.1 Å². The Morgan fingerprint density at radius 2 is 1.84 bits per heavy atom. The summed E-state index contributed by atoms with van der Waals surface area (Å²) in [6, 6.07) is 13.7. The number of carboxylic acid groups (broad SMARTS) is 1. The first-order valence-electron chi connectivity index (χ1n) is 11.6. The highest BCUT2D eigenvalue weighted by Crippen LogP contribution is 2.33. The maximum atomic E-state index is 13.2. The van der Waals surface area contributed by atoms with Crippen LogP contribution in [-0.4, -0.2) is 63.7 Å². The molecule has 2 aromatic heterocycles. The molecular weight excluding hydrogens is 498 g/mol. The molecule has 0 bridgehead atoms. The van der Waals surface area contributed by atoms with Crippen LogP contribution in [0.3, 0.4) is 0 Å². The van der Waals surface area contributed by atoms with Gasteiger partial charge in [-0.2, -0.15) is 9.40 Å². The Bertz CT molecular complexity index is 1650. The van der Waals surface area contributed by atoms with Crippen LogP contribution in [0.1, 0.15) is 12.8 Å². The quantitative estimate of drug-likeness (QED) is 0.392. The van der Waals surface area contributed by atoms with E-state index in [1.165, 1.54) is 34.3 Å². The maximum Gasteiger partial charge on any atom is 0.306 e. The number of hydrogen-bond acceptors (Lipinski definition) is 7. The largest absolute Gasteiger partial charge is 0.496 e. The summed E-state index contributed by atoms with van der Waals surface area (Å²) in [5.41, 5.74) is 1.70. The number of aromatic nitrogens is 4. The van der Waals surface area contributed by atoms with Crippen molar-refractivity contribution in [2.24, 2.45) is 13.0 Å². The molecule has 0 spiro atoms. The highest BCUT2D eigenvalue weighted by Gasteiger charge is 2.32. The number of sulfonamides is 1. The Hall–Kier alpha value is -4.03. The van der Waals surface area contributed by atoms with Gasteiger partial charge < -0.3 is 14.8 Å². The molecule has 4 aromatic rings. The number of methoxy groups -OCH3 is 1. The number of carboxylic acids is 1. The monoisotopic (exact) mass is 523 g/mol. The van der Waals surface area contributed by atoms with E-state index in [1.807, 2.05) is 30.3 Å². The zero-order valence-corrected chi connectivity index (χ0v) is 21.0. The van der Waals surface area contributed by atoms with Gasteiger partial charge in [-0.3, -0.25) is 9.59 Å². The van der Waals surface area contributed by atoms with Gasteiger partial charge in [0.25, 0.3) is 5.56 Å². The number of aryl methyl sites for hydroxylation is 1. The third kappa shape index (κ3) is 4.38. The smallest absolute Gasteiger partial charge is 0.306 e. The number of ether oxygens (including phenoxy) is 1. The molecule has 0 saturated carbocycles. The zero-order chi connectivity index (χ0) is 26.3. The minimum absolute atomic E-state index is 0.0113. The summed E-state index contributed by atoms with van der Waals surface area (Å²) in [6.07, 6.45) is 0.509. The number of hydrogen-bond donors (Lipinski definition) is 2. The lowest BCUT2D eigenvalue weighted by molar-refractivity contribution is -0.142. The van der Waals surface area contributed by atoms with Crippen molar-refractivity contribution in [2.75, 3.05) is 20.2 Å². The van der Waals surface area contributed by atoms with Crippen LogP contribution < -0.4 is 10.3 Å². The van der Waals surface area contributed by atoms with Gasteiger partial charge in [-0.15, -0.1) is 0 Å². The van der Waals surface area contributed by atoms with E-state index in [-0.39, 0.29) is 48.0 Å². The molecule has 11 nitrogen and oxygen atoms in total. The second-order valence-electron chi connectivity index (χ2n) is 8.83. The first kappa shape index (κ1) is 24.7. The minimum atomic E-state index is -3.87. The Morgan fingerprint density at radius 1 is 1.14 bits per heavy atom. The number of carbonyl (C=O) groups is 1. The molecule has 1 fully saturated rings. The molecule has 0 aliphatic carbocycles. The number of aromatic amines is 1. The molecule has 3 heterocycles. The SMILES string of the molecule is COc1cc(S(=O)(=O)N2CCC(C(=O)O)CC2)ccc1-c1nc2c(c(-c3ccccc3)nn2C)c(=O)[nH]1. The molecule has 37 heavy (non-hydrogen) atoms. The molecule has 1 aliphatic heterocycles. The predicted molar refractivity (Wildman–Crippen MR) is 136 cm³/mol. The van der Waals surface area contributed by atoms with E-state index in [4.69, 9.17) is 4.74 Å². The van der Waals surface area contributed by atoms with Crippen molar-refractivity contribution in [2.45, 2.75) is 17.7 Å². The van der Waals surface area contributed by atoms with E-state index >= 15 is 0 Å². The van der Waals surface area contributed by atoms with Gasteiger partial charge in [-0.05, 0) is 25.0 Å². The Kier molecular flexibility index (Phi) is 6.30. The summed E-state index contributed by atoms with van der Waals surface area (Å²) < 4.78 is 34.8. The molecule has 2 aromatic carbocycles. The summed E-state index contributed by atoms with van der Waals surface area (Å²) >= 11 is 0. The average Bonchev–Trinajstić information content (AvgIpc) is 3.25. The Morgan fingerprint density at radius 3 is 2.49 bits per heavy atom. The molecule has 0 radical (unpaired) electrons. The lowest BCUT2D eigenvalue weighted by Crippen LogP contribution is -2.40. The lowest BCUT2D eigenvalue weighted by Gasteiger charge is -2.29. The Balaban J connectivity index is 1.52. The summed E-state index contributed by atoms with van der Waals surface area (Å²) in [4.78, 5) is 31.8. The van der Waals surface area contributed by atoms with Gasteiger partial charge in [-0.25, -0.2) is 18.1 Å². The fraction of sp³-hybridized carbons (Fsp3) is 0.280. The first-order chi connectivity index (χ1) is 17.7. The van der Waals surface area contributed by atoms with Crippen LogP contribution in [0.25, 0.3) is 33.7 Å². The molecule has 5 rings (SSSR count). The number of rotatable bonds is 6. The van der Waals surface area contributed by atoms with Crippen LogP contribution in [0, 0.1) is 5.92 Å². The second-order valence-corrected chi connectivity index (χ2v) is 10.8. The second kappa shape index (κ2) is 9.45. The molecule has 1 saturated heterocycles. The van der Waals surface area contributed by atoms with Crippen molar-refractivity contribution in [3.63, 3.8) is 0 Å². The summed E-state index contributed by atoms with van der Waals surface area (Å²) in [7, 11) is -0.761. The van der Waals surface area contributed by atoms with Gasteiger partial charge in [0.15, 0.2) is 5.65 Å². The van der Waals surface area contributed by atoms with Crippen molar-refractivity contribution in [3.8, 4) is 28.4 Å². The van der Waals surface area contributed by atoms with Crippen LogP contribution in [0.5, 0.6) is 5.75 Å². The van der Waals surface area contributed by atoms with Crippen LogP contribution in [-0.2, 0) is 21.9 Å². The van der Waals surface area contributed by atoms with Gasteiger partial charge in [0.1, 0.15) is 22.7 Å². The lowest BCUT2D eigenvalue weighted by atomic mass is 9.99. The number of H-pyrrole nitrogens is 1. The molecule has 2 N–H and O–H groups in total. The summed E-state index contributed by atoms with van der Waals surface area (Å²) in [5.74, 6) is -1.03.